The lowest BCUT2D eigenvalue weighted by Crippen LogP contribution is -2.36. The quantitative estimate of drug-likeness (QED) is 0.895. The molecule has 0 saturated carbocycles. The molecule has 2 rings (SSSR count). The molecule has 1 aliphatic heterocycles. The Labute approximate surface area is 131 Å². The third-order valence-electron chi connectivity index (χ3n) is 3.32. The maximum Gasteiger partial charge on any atom is 0.410 e. The zero-order valence-corrected chi connectivity index (χ0v) is 13.8. The number of ether oxygens (including phenoxy) is 1. The first-order valence-corrected chi connectivity index (χ1v) is 7.63. The van der Waals surface area contributed by atoms with Gasteiger partial charge in [0.1, 0.15) is 5.60 Å². The van der Waals surface area contributed by atoms with Crippen molar-refractivity contribution in [2.45, 2.75) is 45.8 Å². The lowest BCUT2D eigenvalue weighted by molar-refractivity contribution is 0.0293. The molecule has 116 valence electrons. The maximum atomic E-state index is 12.0. The Morgan fingerprint density at radius 3 is 2.76 bits per heavy atom. The third-order valence-corrected chi connectivity index (χ3v) is 3.64. The van der Waals surface area contributed by atoms with Crippen molar-refractivity contribution in [3.8, 4) is 0 Å². The summed E-state index contributed by atoms with van der Waals surface area (Å²) >= 11 is 6.23. The summed E-state index contributed by atoms with van der Waals surface area (Å²) in [5, 5.41) is 4.12. The van der Waals surface area contributed by atoms with E-state index in [1.165, 1.54) is 0 Å². The first kappa shape index (κ1) is 16.0. The Bertz CT molecular complexity index is 525. The van der Waals surface area contributed by atoms with E-state index < -0.39 is 5.60 Å². The van der Waals surface area contributed by atoms with Crippen LogP contribution in [0.5, 0.6) is 0 Å². The fraction of sp³-hybridized carbons (Fsp3) is 0.562. The third kappa shape index (κ3) is 4.53. The summed E-state index contributed by atoms with van der Waals surface area (Å²) in [7, 11) is 0. The summed E-state index contributed by atoms with van der Waals surface area (Å²) in [5.41, 5.74) is 1.59. The largest absolute Gasteiger partial charge is 0.444 e. The van der Waals surface area contributed by atoms with Crippen molar-refractivity contribution in [1.29, 1.82) is 0 Å². The van der Waals surface area contributed by atoms with Gasteiger partial charge in [0.05, 0.1) is 10.7 Å². The number of nitrogens with zero attached hydrogens (tertiary/aromatic N) is 1. The van der Waals surface area contributed by atoms with Crippen LogP contribution in [0.25, 0.3) is 0 Å². The molecule has 1 fully saturated rings. The molecule has 1 unspecified atom stereocenters. The average Bonchev–Trinajstić information content (AvgIpc) is 2.79. The van der Waals surface area contributed by atoms with Gasteiger partial charge in [0.15, 0.2) is 0 Å². The molecule has 0 radical (unpaired) electrons. The predicted molar refractivity (Wildman–Crippen MR) is 86.0 cm³/mol. The summed E-state index contributed by atoms with van der Waals surface area (Å²) in [6.45, 7) is 8.99. The van der Waals surface area contributed by atoms with E-state index in [9.17, 15) is 4.79 Å². The van der Waals surface area contributed by atoms with E-state index in [1.807, 2.05) is 45.9 Å². The summed E-state index contributed by atoms with van der Waals surface area (Å²) < 4.78 is 5.39. The highest BCUT2D eigenvalue weighted by Crippen LogP contribution is 2.25. The van der Waals surface area contributed by atoms with E-state index in [4.69, 9.17) is 16.3 Å². The summed E-state index contributed by atoms with van der Waals surface area (Å²) in [6, 6.07) is 6.14. The van der Waals surface area contributed by atoms with Gasteiger partial charge in [-0.2, -0.15) is 0 Å². The molecule has 4 nitrogen and oxygen atoms in total. The van der Waals surface area contributed by atoms with Gasteiger partial charge in [-0.3, -0.25) is 0 Å². The molecule has 0 bridgehead atoms. The second-order valence-corrected chi connectivity index (χ2v) is 6.95. The van der Waals surface area contributed by atoms with Crippen molar-refractivity contribution in [3.63, 3.8) is 0 Å². The Kier molecular flexibility index (Phi) is 4.67. The minimum absolute atomic E-state index is 0.206. The molecule has 21 heavy (non-hydrogen) atoms. The molecule has 1 N–H and O–H groups in total. The molecule has 0 aromatic heterocycles. The lowest BCUT2D eigenvalue weighted by atomic mass is 10.2. The van der Waals surface area contributed by atoms with Gasteiger partial charge in [-0.15, -0.1) is 0 Å². The topological polar surface area (TPSA) is 41.6 Å². The van der Waals surface area contributed by atoms with Crippen molar-refractivity contribution in [1.82, 2.24) is 4.90 Å². The van der Waals surface area contributed by atoms with E-state index in [0.717, 1.165) is 17.7 Å². The molecule has 5 heteroatoms. The number of halogens is 1. The van der Waals surface area contributed by atoms with Crippen molar-refractivity contribution in [3.05, 3.63) is 28.8 Å². The molecule has 1 heterocycles. The Morgan fingerprint density at radius 2 is 2.14 bits per heavy atom. The number of carbonyl (C=O) groups excluding carboxylic acids is 1. The molecular weight excluding hydrogens is 288 g/mol. The number of amides is 1. The van der Waals surface area contributed by atoms with Crippen LogP contribution in [0.2, 0.25) is 5.02 Å². The van der Waals surface area contributed by atoms with Crippen LogP contribution >= 0.6 is 11.6 Å². The molecule has 0 aliphatic carbocycles. The van der Waals surface area contributed by atoms with Gasteiger partial charge >= 0.3 is 6.09 Å². The Balaban J connectivity index is 1.92. The Morgan fingerprint density at radius 1 is 1.43 bits per heavy atom. The van der Waals surface area contributed by atoms with Crippen LogP contribution in [0.4, 0.5) is 10.5 Å². The standard InChI is InChI=1S/C16H23ClN2O2/c1-11-5-6-14(13(17)9-11)18-12-7-8-19(10-12)15(20)21-16(2,3)4/h5-6,9,12,18H,7-8,10H2,1-4H3. The molecular formula is C16H23ClN2O2. The number of anilines is 1. The monoisotopic (exact) mass is 310 g/mol. The maximum absolute atomic E-state index is 12.0. The number of nitrogens with one attached hydrogen (secondary N) is 1. The highest BCUT2D eigenvalue weighted by Gasteiger charge is 2.29. The first-order valence-electron chi connectivity index (χ1n) is 7.25. The van der Waals surface area contributed by atoms with E-state index >= 15 is 0 Å². The van der Waals surface area contributed by atoms with Crippen LogP contribution in [0.3, 0.4) is 0 Å². The van der Waals surface area contributed by atoms with Crippen LogP contribution in [-0.4, -0.2) is 35.7 Å². The first-order chi connectivity index (χ1) is 9.74. The van der Waals surface area contributed by atoms with Crippen molar-refractivity contribution < 1.29 is 9.53 Å². The van der Waals surface area contributed by atoms with Gasteiger partial charge in [0.25, 0.3) is 0 Å². The van der Waals surface area contributed by atoms with Crippen molar-refractivity contribution in [2.75, 3.05) is 18.4 Å². The van der Waals surface area contributed by atoms with Crippen LogP contribution in [0.15, 0.2) is 18.2 Å². The van der Waals surface area contributed by atoms with Gasteiger partial charge in [0.2, 0.25) is 0 Å². The smallest absolute Gasteiger partial charge is 0.410 e. The van der Waals surface area contributed by atoms with Crippen LogP contribution in [-0.2, 0) is 4.74 Å². The summed E-state index contributed by atoms with van der Waals surface area (Å²) in [4.78, 5) is 13.8. The zero-order valence-electron chi connectivity index (χ0n) is 13.1. The predicted octanol–water partition coefficient (Wildman–Crippen LogP) is 4.07. The van der Waals surface area contributed by atoms with Gasteiger partial charge in [-0.1, -0.05) is 17.7 Å². The normalized spacial score (nSPS) is 18.7. The molecule has 1 amide bonds. The molecule has 1 aliphatic rings. The fourth-order valence-electron chi connectivity index (χ4n) is 2.33. The highest BCUT2D eigenvalue weighted by atomic mass is 35.5. The van der Waals surface area contributed by atoms with E-state index in [-0.39, 0.29) is 12.1 Å². The van der Waals surface area contributed by atoms with Gasteiger partial charge in [-0.25, -0.2) is 4.79 Å². The SMILES string of the molecule is Cc1ccc(NC2CCN(C(=O)OC(C)(C)C)C2)c(Cl)c1. The number of likely N-dealkylation sites (tertiary alicyclic amines) is 1. The van der Waals surface area contributed by atoms with Gasteiger partial charge in [-0.05, 0) is 51.8 Å². The van der Waals surface area contributed by atoms with Gasteiger partial charge < -0.3 is 15.0 Å². The minimum atomic E-state index is -0.455. The minimum Gasteiger partial charge on any atom is -0.444 e. The highest BCUT2D eigenvalue weighted by molar-refractivity contribution is 6.33. The summed E-state index contributed by atoms with van der Waals surface area (Å²) in [5.74, 6) is 0. The molecule has 1 saturated heterocycles. The molecule has 0 spiro atoms. The van der Waals surface area contributed by atoms with E-state index in [1.54, 1.807) is 4.90 Å². The lowest BCUT2D eigenvalue weighted by Gasteiger charge is -2.24. The van der Waals surface area contributed by atoms with E-state index in [0.29, 0.717) is 18.1 Å². The number of aryl methyl sites for hydroxylation is 1. The number of hydrogen-bond acceptors (Lipinski definition) is 3. The van der Waals surface area contributed by atoms with Crippen LogP contribution < -0.4 is 5.32 Å². The average molecular weight is 311 g/mol. The molecule has 1 aromatic rings. The number of carbonyl (C=O) groups is 1. The van der Waals surface area contributed by atoms with Crippen molar-refractivity contribution in [2.24, 2.45) is 0 Å². The second kappa shape index (κ2) is 6.14. The number of rotatable bonds is 2. The molecule has 1 aromatic carbocycles. The van der Waals surface area contributed by atoms with Crippen LogP contribution in [0.1, 0.15) is 32.8 Å². The van der Waals surface area contributed by atoms with Crippen LogP contribution in [0, 0.1) is 6.92 Å². The number of hydrogen-bond donors (Lipinski definition) is 1. The number of benzene rings is 1. The van der Waals surface area contributed by atoms with Gasteiger partial charge in [0, 0.05) is 19.1 Å². The van der Waals surface area contributed by atoms with E-state index in [2.05, 4.69) is 5.32 Å². The Hall–Kier alpha value is -1.42. The van der Waals surface area contributed by atoms with Crippen molar-refractivity contribution >= 4 is 23.4 Å². The summed E-state index contributed by atoms with van der Waals surface area (Å²) in [6.07, 6.45) is 0.644. The second-order valence-electron chi connectivity index (χ2n) is 6.54. The molecule has 1 atom stereocenters. The fourth-order valence-corrected chi connectivity index (χ4v) is 2.62. The zero-order chi connectivity index (χ0) is 15.6.